The zero-order chi connectivity index (χ0) is 13.1. The predicted molar refractivity (Wildman–Crippen MR) is 75.6 cm³/mol. The van der Waals surface area contributed by atoms with Crippen molar-refractivity contribution in [2.24, 2.45) is 0 Å². The smallest absolute Gasteiger partial charge is 0.263 e. The molecule has 0 aliphatic rings. The summed E-state index contributed by atoms with van der Waals surface area (Å²) in [7, 11) is 0. The lowest BCUT2D eigenvalue weighted by Crippen LogP contribution is -2.25. The number of fused-ring (bicyclic) bond motifs is 1. The Bertz CT molecular complexity index is 621. The number of rotatable bonds is 4. The molecule has 1 aromatic heterocycles. The lowest BCUT2D eigenvalue weighted by molar-refractivity contribution is 0.690. The summed E-state index contributed by atoms with van der Waals surface area (Å²) >= 11 is 5.73. The minimum Gasteiger partial charge on any atom is -0.385 e. The van der Waals surface area contributed by atoms with Gasteiger partial charge in [-0.05, 0) is 26.0 Å². The van der Waals surface area contributed by atoms with Gasteiger partial charge in [-0.15, -0.1) is 11.6 Å². The number of halogens is 1. The van der Waals surface area contributed by atoms with Crippen molar-refractivity contribution in [2.45, 2.75) is 20.4 Å². The molecular formula is C13H16ClN3O. The fourth-order valence-electron chi connectivity index (χ4n) is 2.06. The molecule has 0 saturated carbocycles. The van der Waals surface area contributed by atoms with Crippen LogP contribution in [0.4, 0.5) is 5.69 Å². The Balaban J connectivity index is 2.76. The Kier molecular flexibility index (Phi) is 3.87. The van der Waals surface area contributed by atoms with Crippen molar-refractivity contribution in [1.82, 2.24) is 9.55 Å². The van der Waals surface area contributed by atoms with Crippen LogP contribution in [0.3, 0.4) is 0 Å². The quantitative estimate of drug-likeness (QED) is 0.864. The maximum absolute atomic E-state index is 12.5. The second-order valence-electron chi connectivity index (χ2n) is 4.03. The second-order valence-corrected chi connectivity index (χ2v) is 4.41. The highest BCUT2D eigenvalue weighted by atomic mass is 35.5. The third kappa shape index (κ3) is 2.20. The molecule has 0 spiro atoms. The molecule has 0 aliphatic carbocycles. The number of aryl methyl sites for hydroxylation is 1. The van der Waals surface area contributed by atoms with Crippen molar-refractivity contribution < 1.29 is 0 Å². The van der Waals surface area contributed by atoms with E-state index in [0.29, 0.717) is 23.6 Å². The Morgan fingerprint density at radius 2 is 2.22 bits per heavy atom. The van der Waals surface area contributed by atoms with Gasteiger partial charge in [0.1, 0.15) is 5.82 Å². The summed E-state index contributed by atoms with van der Waals surface area (Å²) in [4.78, 5) is 16.9. The molecule has 96 valence electrons. The van der Waals surface area contributed by atoms with Crippen LogP contribution in [0.25, 0.3) is 10.9 Å². The minimum atomic E-state index is -0.0327. The van der Waals surface area contributed by atoms with Crippen LogP contribution in [0.1, 0.15) is 12.7 Å². The molecule has 0 radical (unpaired) electrons. The molecule has 0 unspecified atom stereocenters. The standard InChI is InChI=1S/C13H16ClN3O/c1-3-15-10-5-4-6-11-12(10)13(18)17(8-7-14)9(2)16-11/h4-6,15H,3,7-8H2,1-2H3. The highest BCUT2D eigenvalue weighted by Gasteiger charge is 2.10. The fourth-order valence-corrected chi connectivity index (χ4v) is 2.23. The zero-order valence-electron chi connectivity index (χ0n) is 10.5. The van der Waals surface area contributed by atoms with Crippen molar-refractivity contribution in [3.63, 3.8) is 0 Å². The number of hydrogen-bond donors (Lipinski definition) is 1. The molecule has 0 aliphatic heterocycles. The maximum Gasteiger partial charge on any atom is 0.263 e. The van der Waals surface area contributed by atoms with Gasteiger partial charge in [0.15, 0.2) is 0 Å². The van der Waals surface area contributed by atoms with Crippen LogP contribution in [0, 0.1) is 6.92 Å². The molecule has 0 atom stereocenters. The minimum absolute atomic E-state index is 0.0327. The van der Waals surface area contributed by atoms with Gasteiger partial charge in [0.05, 0.1) is 10.9 Å². The summed E-state index contributed by atoms with van der Waals surface area (Å²) in [6.45, 7) is 5.07. The van der Waals surface area contributed by atoms with Gasteiger partial charge in [-0.2, -0.15) is 0 Å². The van der Waals surface area contributed by atoms with E-state index < -0.39 is 0 Å². The Morgan fingerprint density at radius 1 is 1.44 bits per heavy atom. The van der Waals surface area contributed by atoms with Crippen LogP contribution >= 0.6 is 11.6 Å². The number of benzene rings is 1. The first-order chi connectivity index (χ1) is 8.69. The van der Waals surface area contributed by atoms with Crippen LogP contribution in [-0.2, 0) is 6.54 Å². The normalized spacial score (nSPS) is 10.8. The summed E-state index contributed by atoms with van der Waals surface area (Å²) in [5.41, 5.74) is 1.52. The van der Waals surface area contributed by atoms with Gasteiger partial charge in [-0.3, -0.25) is 9.36 Å². The van der Waals surface area contributed by atoms with Crippen molar-refractivity contribution in [3.05, 3.63) is 34.4 Å². The number of hydrogen-bond acceptors (Lipinski definition) is 3. The van der Waals surface area contributed by atoms with Gasteiger partial charge < -0.3 is 5.32 Å². The van der Waals surface area contributed by atoms with E-state index in [-0.39, 0.29) is 5.56 Å². The van der Waals surface area contributed by atoms with Crippen molar-refractivity contribution in [1.29, 1.82) is 0 Å². The van der Waals surface area contributed by atoms with Crippen LogP contribution in [0.2, 0.25) is 0 Å². The molecule has 1 N–H and O–H groups in total. The van der Waals surface area contributed by atoms with Crippen molar-refractivity contribution in [2.75, 3.05) is 17.7 Å². The van der Waals surface area contributed by atoms with Gasteiger partial charge in [-0.25, -0.2) is 4.98 Å². The fraction of sp³-hybridized carbons (Fsp3) is 0.385. The Labute approximate surface area is 111 Å². The lowest BCUT2D eigenvalue weighted by Gasteiger charge is -2.12. The predicted octanol–water partition coefficient (Wildman–Crippen LogP) is 2.38. The Hall–Kier alpha value is -1.55. The van der Waals surface area contributed by atoms with Gasteiger partial charge in [0, 0.05) is 24.7 Å². The third-order valence-corrected chi connectivity index (χ3v) is 3.02. The molecule has 0 saturated heterocycles. The number of aromatic nitrogens is 2. The lowest BCUT2D eigenvalue weighted by atomic mass is 10.2. The van der Waals surface area contributed by atoms with E-state index in [9.17, 15) is 4.79 Å². The third-order valence-electron chi connectivity index (χ3n) is 2.85. The maximum atomic E-state index is 12.5. The summed E-state index contributed by atoms with van der Waals surface area (Å²) < 4.78 is 1.62. The van der Waals surface area contributed by atoms with Crippen LogP contribution in [0.15, 0.2) is 23.0 Å². The topological polar surface area (TPSA) is 46.9 Å². The summed E-state index contributed by atoms with van der Waals surface area (Å²) in [6.07, 6.45) is 0. The SMILES string of the molecule is CCNc1cccc2nc(C)n(CCCl)c(=O)c12. The van der Waals surface area contributed by atoms with Crippen LogP contribution in [0.5, 0.6) is 0 Å². The Morgan fingerprint density at radius 3 is 2.89 bits per heavy atom. The summed E-state index contributed by atoms with van der Waals surface area (Å²) in [5.74, 6) is 1.10. The molecule has 1 aromatic carbocycles. The van der Waals surface area contributed by atoms with E-state index in [2.05, 4.69) is 10.3 Å². The number of nitrogens with one attached hydrogen (secondary N) is 1. The van der Waals surface area contributed by atoms with E-state index in [1.165, 1.54) is 0 Å². The van der Waals surface area contributed by atoms with Gasteiger partial charge in [0.25, 0.3) is 5.56 Å². The zero-order valence-corrected chi connectivity index (χ0v) is 11.3. The molecule has 2 rings (SSSR count). The molecule has 4 nitrogen and oxygen atoms in total. The first kappa shape index (κ1) is 12.9. The summed E-state index contributed by atoms with van der Waals surface area (Å²) in [6, 6.07) is 5.66. The number of alkyl halides is 1. The highest BCUT2D eigenvalue weighted by molar-refractivity contribution is 6.17. The molecule has 5 heteroatoms. The summed E-state index contributed by atoms with van der Waals surface area (Å²) in [5, 5.41) is 3.83. The first-order valence-corrected chi connectivity index (χ1v) is 6.52. The van der Waals surface area contributed by atoms with E-state index >= 15 is 0 Å². The van der Waals surface area contributed by atoms with E-state index in [0.717, 1.165) is 17.7 Å². The average molecular weight is 266 g/mol. The first-order valence-electron chi connectivity index (χ1n) is 5.99. The number of nitrogens with zero attached hydrogens (tertiary/aromatic N) is 2. The molecule has 0 bridgehead atoms. The van der Waals surface area contributed by atoms with Gasteiger partial charge >= 0.3 is 0 Å². The van der Waals surface area contributed by atoms with Crippen LogP contribution in [-0.4, -0.2) is 22.0 Å². The highest BCUT2D eigenvalue weighted by Crippen LogP contribution is 2.18. The van der Waals surface area contributed by atoms with E-state index in [1.54, 1.807) is 4.57 Å². The molecule has 18 heavy (non-hydrogen) atoms. The van der Waals surface area contributed by atoms with Gasteiger partial charge in [0.2, 0.25) is 0 Å². The van der Waals surface area contributed by atoms with Gasteiger partial charge in [-0.1, -0.05) is 6.07 Å². The molecule has 0 fully saturated rings. The average Bonchev–Trinajstić information content (AvgIpc) is 2.34. The molecule has 0 amide bonds. The van der Waals surface area contributed by atoms with E-state index in [4.69, 9.17) is 11.6 Å². The van der Waals surface area contributed by atoms with Crippen molar-refractivity contribution in [3.8, 4) is 0 Å². The molecular weight excluding hydrogens is 250 g/mol. The largest absolute Gasteiger partial charge is 0.385 e. The molecule has 1 heterocycles. The second kappa shape index (κ2) is 5.40. The molecule has 2 aromatic rings. The van der Waals surface area contributed by atoms with Crippen LogP contribution < -0.4 is 10.9 Å². The monoisotopic (exact) mass is 265 g/mol. The van der Waals surface area contributed by atoms with Crippen molar-refractivity contribution >= 4 is 28.2 Å². The van der Waals surface area contributed by atoms with E-state index in [1.807, 2.05) is 32.0 Å². The number of anilines is 1.